The minimum atomic E-state index is -0.588. The number of hydrogen-bond acceptors (Lipinski definition) is 4. The van der Waals surface area contributed by atoms with Crippen LogP contribution in [0, 0.1) is 10.1 Å². The quantitative estimate of drug-likeness (QED) is 0.684. The van der Waals surface area contributed by atoms with Gasteiger partial charge in [0.2, 0.25) is 0 Å². The first-order valence-corrected chi connectivity index (χ1v) is 6.78. The van der Waals surface area contributed by atoms with Crippen molar-refractivity contribution in [3.8, 4) is 0 Å². The van der Waals surface area contributed by atoms with E-state index < -0.39 is 10.8 Å². The lowest BCUT2D eigenvalue weighted by molar-refractivity contribution is -0.385. The van der Waals surface area contributed by atoms with Gasteiger partial charge in [-0.15, -0.1) is 0 Å². The molecule has 1 N–H and O–H groups in total. The molecule has 0 bridgehead atoms. The Hall–Kier alpha value is -1.66. The van der Waals surface area contributed by atoms with E-state index in [0.717, 1.165) is 25.9 Å². The fourth-order valence-electron chi connectivity index (χ4n) is 2.26. The molecule has 1 fully saturated rings. The lowest BCUT2D eigenvalue weighted by atomic mass is 10.0. The van der Waals surface area contributed by atoms with Crippen LogP contribution in [-0.4, -0.2) is 41.9 Å². The van der Waals surface area contributed by atoms with Crippen LogP contribution in [0.25, 0.3) is 0 Å². The van der Waals surface area contributed by atoms with Crippen molar-refractivity contribution in [2.24, 2.45) is 0 Å². The molecule has 0 radical (unpaired) electrons. The normalized spacial score (nSPS) is 16.9. The van der Waals surface area contributed by atoms with Crippen LogP contribution < -0.4 is 5.32 Å². The van der Waals surface area contributed by atoms with E-state index in [-0.39, 0.29) is 22.3 Å². The summed E-state index contributed by atoms with van der Waals surface area (Å²) in [7, 11) is 2.03. The summed E-state index contributed by atoms with van der Waals surface area (Å²) in [6.45, 7) is 1.82. The average molecular weight is 298 g/mol. The first-order valence-electron chi connectivity index (χ1n) is 6.40. The lowest BCUT2D eigenvalue weighted by Gasteiger charge is -2.29. The lowest BCUT2D eigenvalue weighted by Crippen LogP contribution is -2.43. The van der Waals surface area contributed by atoms with Gasteiger partial charge in [0.1, 0.15) is 5.56 Å². The predicted molar refractivity (Wildman–Crippen MR) is 76.1 cm³/mol. The summed E-state index contributed by atoms with van der Waals surface area (Å²) in [4.78, 5) is 24.7. The van der Waals surface area contributed by atoms with Gasteiger partial charge in [0.05, 0.1) is 4.92 Å². The number of nitrogens with zero attached hydrogens (tertiary/aromatic N) is 2. The SMILES string of the molecule is CN1CCC(NC(=O)c2ccc(Cl)cc2[N+](=O)[O-])CC1. The van der Waals surface area contributed by atoms with Gasteiger partial charge in [-0.3, -0.25) is 14.9 Å². The second-order valence-corrected chi connectivity index (χ2v) is 5.41. The number of likely N-dealkylation sites (tertiary alicyclic amines) is 1. The minimum Gasteiger partial charge on any atom is -0.349 e. The zero-order valence-electron chi connectivity index (χ0n) is 11.1. The van der Waals surface area contributed by atoms with Gasteiger partial charge in [0.15, 0.2) is 0 Å². The van der Waals surface area contributed by atoms with Crippen LogP contribution in [0.15, 0.2) is 18.2 Å². The molecule has 1 saturated heterocycles. The first kappa shape index (κ1) is 14.7. The van der Waals surface area contributed by atoms with Gasteiger partial charge in [-0.25, -0.2) is 0 Å². The monoisotopic (exact) mass is 297 g/mol. The Balaban J connectivity index is 2.11. The third-order valence-electron chi connectivity index (χ3n) is 3.45. The van der Waals surface area contributed by atoms with Crippen molar-refractivity contribution in [1.82, 2.24) is 10.2 Å². The fraction of sp³-hybridized carbons (Fsp3) is 0.462. The molecule has 1 aromatic rings. The molecule has 1 heterocycles. The largest absolute Gasteiger partial charge is 0.349 e. The maximum absolute atomic E-state index is 12.2. The highest BCUT2D eigenvalue weighted by atomic mass is 35.5. The van der Waals surface area contributed by atoms with Crippen molar-refractivity contribution in [3.05, 3.63) is 38.9 Å². The molecule has 0 atom stereocenters. The summed E-state index contributed by atoms with van der Waals surface area (Å²) in [5.41, 5.74) is -0.207. The van der Waals surface area contributed by atoms with E-state index in [2.05, 4.69) is 10.2 Å². The average Bonchev–Trinajstić information content (AvgIpc) is 2.41. The Labute approximate surface area is 121 Å². The Morgan fingerprint density at radius 3 is 2.70 bits per heavy atom. The molecule has 1 aliphatic rings. The van der Waals surface area contributed by atoms with Crippen LogP contribution in [0.2, 0.25) is 5.02 Å². The van der Waals surface area contributed by atoms with Crippen LogP contribution in [0.1, 0.15) is 23.2 Å². The zero-order valence-corrected chi connectivity index (χ0v) is 11.9. The van der Waals surface area contributed by atoms with E-state index in [1.165, 1.54) is 18.2 Å². The number of amides is 1. The van der Waals surface area contributed by atoms with E-state index in [0.29, 0.717) is 0 Å². The second kappa shape index (κ2) is 6.19. The molecular weight excluding hydrogens is 282 g/mol. The van der Waals surface area contributed by atoms with E-state index in [9.17, 15) is 14.9 Å². The van der Waals surface area contributed by atoms with Crippen LogP contribution in [0.4, 0.5) is 5.69 Å². The van der Waals surface area contributed by atoms with Crippen molar-refractivity contribution in [2.45, 2.75) is 18.9 Å². The van der Waals surface area contributed by atoms with Crippen LogP contribution in [0.3, 0.4) is 0 Å². The zero-order chi connectivity index (χ0) is 14.7. The van der Waals surface area contributed by atoms with E-state index in [1.807, 2.05) is 7.05 Å². The molecule has 2 rings (SSSR count). The van der Waals surface area contributed by atoms with Crippen molar-refractivity contribution >= 4 is 23.2 Å². The molecule has 0 spiro atoms. The van der Waals surface area contributed by atoms with Crippen molar-refractivity contribution in [3.63, 3.8) is 0 Å². The molecule has 0 unspecified atom stereocenters. The molecule has 1 aromatic carbocycles. The van der Waals surface area contributed by atoms with Crippen molar-refractivity contribution in [1.29, 1.82) is 0 Å². The molecule has 0 aromatic heterocycles. The standard InChI is InChI=1S/C13H16ClN3O3/c1-16-6-4-10(5-7-16)15-13(18)11-3-2-9(14)8-12(11)17(19)20/h2-3,8,10H,4-7H2,1H3,(H,15,18). The number of nitro groups is 1. The highest BCUT2D eigenvalue weighted by Crippen LogP contribution is 2.23. The molecule has 6 nitrogen and oxygen atoms in total. The summed E-state index contributed by atoms with van der Waals surface area (Å²) >= 11 is 5.73. The Bertz CT molecular complexity index is 528. The molecule has 1 aliphatic heterocycles. The van der Waals surface area contributed by atoms with Crippen molar-refractivity contribution in [2.75, 3.05) is 20.1 Å². The number of benzene rings is 1. The highest BCUT2D eigenvalue weighted by molar-refractivity contribution is 6.31. The summed E-state index contributed by atoms with van der Waals surface area (Å²) in [5, 5.41) is 14.1. The molecule has 20 heavy (non-hydrogen) atoms. The number of nitrogens with one attached hydrogen (secondary N) is 1. The summed E-state index contributed by atoms with van der Waals surface area (Å²) in [6.07, 6.45) is 1.70. The third-order valence-corrected chi connectivity index (χ3v) is 3.69. The molecular formula is C13H16ClN3O3. The smallest absolute Gasteiger partial charge is 0.283 e. The number of carbonyl (C=O) groups excluding carboxylic acids is 1. The van der Waals surface area contributed by atoms with Crippen LogP contribution in [0.5, 0.6) is 0 Å². The summed E-state index contributed by atoms with van der Waals surface area (Å²) in [6, 6.07) is 4.14. The molecule has 0 aliphatic carbocycles. The Morgan fingerprint density at radius 2 is 2.10 bits per heavy atom. The fourth-order valence-corrected chi connectivity index (χ4v) is 2.43. The number of halogens is 1. The van der Waals surface area contributed by atoms with Gasteiger partial charge in [0.25, 0.3) is 11.6 Å². The first-order chi connectivity index (χ1) is 9.47. The number of carbonyl (C=O) groups is 1. The highest BCUT2D eigenvalue weighted by Gasteiger charge is 2.24. The maximum atomic E-state index is 12.2. The number of nitro benzene ring substituents is 1. The minimum absolute atomic E-state index is 0.0540. The van der Waals surface area contributed by atoms with Gasteiger partial charge >= 0.3 is 0 Å². The van der Waals surface area contributed by atoms with Crippen molar-refractivity contribution < 1.29 is 9.72 Å². The maximum Gasteiger partial charge on any atom is 0.283 e. The van der Waals surface area contributed by atoms with Crippen LogP contribution in [-0.2, 0) is 0 Å². The number of piperidine rings is 1. The topological polar surface area (TPSA) is 75.5 Å². The van der Waals surface area contributed by atoms with Gasteiger partial charge in [0, 0.05) is 17.1 Å². The summed E-state index contributed by atoms with van der Waals surface area (Å²) < 4.78 is 0. The molecule has 7 heteroatoms. The van der Waals surface area contributed by atoms with Gasteiger partial charge in [-0.2, -0.15) is 0 Å². The van der Waals surface area contributed by atoms with E-state index in [4.69, 9.17) is 11.6 Å². The van der Waals surface area contributed by atoms with Crippen LogP contribution >= 0.6 is 11.6 Å². The summed E-state index contributed by atoms with van der Waals surface area (Å²) in [5.74, 6) is -0.414. The predicted octanol–water partition coefficient (Wildman–Crippen LogP) is 2.07. The van der Waals surface area contributed by atoms with Gasteiger partial charge in [-0.1, -0.05) is 11.6 Å². The third kappa shape index (κ3) is 3.46. The second-order valence-electron chi connectivity index (χ2n) is 4.97. The number of rotatable bonds is 3. The Morgan fingerprint density at radius 1 is 1.45 bits per heavy atom. The van der Waals surface area contributed by atoms with E-state index in [1.54, 1.807) is 0 Å². The number of hydrogen-bond donors (Lipinski definition) is 1. The Kier molecular flexibility index (Phi) is 4.57. The molecule has 0 saturated carbocycles. The molecule has 108 valence electrons. The molecule has 1 amide bonds. The van der Waals surface area contributed by atoms with Gasteiger partial charge in [-0.05, 0) is 45.1 Å². The van der Waals surface area contributed by atoms with Gasteiger partial charge < -0.3 is 10.2 Å². The van der Waals surface area contributed by atoms with E-state index >= 15 is 0 Å².